The first-order valence-electron chi connectivity index (χ1n) is 2.39. The van der Waals surface area contributed by atoms with E-state index in [1.807, 2.05) is 0 Å². The van der Waals surface area contributed by atoms with Gasteiger partial charge in [-0.05, 0) is 0 Å². The minimum atomic E-state index is -0.461. The highest BCUT2D eigenvalue weighted by Crippen LogP contribution is 1.86. The number of nitrogens with zero attached hydrogens (tertiary/aromatic N) is 1. The summed E-state index contributed by atoms with van der Waals surface area (Å²) in [6.07, 6.45) is -0.160. The third-order valence-electron chi connectivity index (χ3n) is 0.564. The molecule has 0 aromatic rings. The zero-order chi connectivity index (χ0) is 7.11. The van der Waals surface area contributed by atoms with Crippen molar-refractivity contribution in [1.29, 1.82) is 5.26 Å². The summed E-state index contributed by atoms with van der Waals surface area (Å²) in [5.74, 6) is -0.461. The van der Waals surface area contributed by atoms with Gasteiger partial charge >= 0.3 is 5.97 Å². The monoisotopic (exact) mass is 191 g/mol. The van der Waals surface area contributed by atoms with Crippen LogP contribution in [0.3, 0.4) is 0 Å². The minimum absolute atomic E-state index is 0.160. The van der Waals surface area contributed by atoms with E-state index in [4.69, 9.17) is 5.26 Å². The molecule has 0 bridgehead atoms. The van der Waals surface area contributed by atoms with Crippen molar-refractivity contribution in [2.45, 2.75) is 6.42 Å². The summed E-state index contributed by atoms with van der Waals surface area (Å²) in [7, 11) is 0. The molecule has 0 saturated carbocycles. The Labute approximate surface area is 61.7 Å². The first kappa shape index (κ1) is 8.44. The third-order valence-corrected chi connectivity index (χ3v) is 0.887. The Bertz CT molecular complexity index is 129. The highest BCUT2D eigenvalue weighted by atomic mass is 79.9. The maximum atomic E-state index is 10.3. The lowest BCUT2D eigenvalue weighted by Crippen LogP contribution is -2.04. The number of nitriles is 1. The van der Waals surface area contributed by atoms with E-state index in [1.165, 1.54) is 0 Å². The van der Waals surface area contributed by atoms with Crippen LogP contribution in [0.1, 0.15) is 6.42 Å². The fourth-order valence-electron chi connectivity index (χ4n) is 0.268. The number of hydrogen-bond acceptors (Lipinski definition) is 3. The molecule has 0 atom stereocenters. The van der Waals surface area contributed by atoms with Crippen LogP contribution in [-0.2, 0) is 9.53 Å². The molecule has 0 fully saturated rings. The van der Waals surface area contributed by atoms with Gasteiger partial charge in [-0.3, -0.25) is 4.79 Å². The molecular formula is C5H6BrNO2. The summed E-state index contributed by atoms with van der Waals surface area (Å²) < 4.78 is 4.52. The Kier molecular flexibility index (Phi) is 5.23. The topological polar surface area (TPSA) is 50.1 Å². The summed E-state index contributed by atoms with van der Waals surface area (Å²) in [5, 5.41) is 8.59. The summed E-state index contributed by atoms with van der Waals surface area (Å²) >= 11 is 3.07. The van der Waals surface area contributed by atoms with Gasteiger partial charge in [-0.25, -0.2) is 0 Å². The van der Waals surface area contributed by atoms with E-state index in [0.717, 1.165) is 0 Å². The molecule has 50 valence electrons. The predicted molar refractivity (Wildman–Crippen MR) is 35.0 cm³/mol. The smallest absolute Gasteiger partial charge is 0.320 e. The minimum Gasteiger partial charge on any atom is -0.464 e. The molecule has 0 rings (SSSR count). The van der Waals surface area contributed by atoms with Crippen molar-refractivity contribution in [1.82, 2.24) is 0 Å². The molecule has 0 unspecified atom stereocenters. The van der Waals surface area contributed by atoms with Crippen molar-refractivity contribution in [3.05, 3.63) is 0 Å². The number of halogens is 1. The number of carbonyl (C=O) groups excluding carboxylic acids is 1. The first-order valence-corrected chi connectivity index (χ1v) is 3.52. The molecule has 0 amide bonds. The van der Waals surface area contributed by atoms with Crippen LogP contribution < -0.4 is 0 Å². The number of rotatable bonds is 3. The zero-order valence-electron chi connectivity index (χ0n) is 4.76. The normalized spacial score (nSPS) is 8.00. The van der Waals surface area contributed by atoms with Crippen molar-refractivity contribution < 1.29 is 9.53 Å². The zero-order valence-corrected chi connectivity index (χ0v) is 6.35. The van der Waals surface area contributed by atoms with Gasteiger partial charge in [0.1, 0.15) is 13.0 Å². The molecule has 4 heteroatoms. The molecule has 0 radical (unpaired) electrons. The van der Waals surface area contributed by atoms with Crippen molar-refractivity contribution in [3.8, 4) is 6.07 Å². The standard InChI is InChI=1S/C5H6BrNO2/c6-2-4-9-5(8)1-3-7/h1-2,4H2. The third kappa shape index (κ3) is 5.31. The van der Waals surface area contributed by atoms with Crippen LogP contribution >= 0.6 is 15.9 Å². The van der Waals surface area contributed by atoms with E-state index < -0.39 is 5.97 Å². The van der Waals surface area contributed by atoms with Gasteiger partial charge in [-0.1, -0.05) is 15.9 Å². The summed E-state index contributed by atoms with van der Waals surface area (Å²) in [5.41, 5.74) is 0. The molecule has 9 heavy (non-hydrogen) atoms. The summed E-state index contributed by atoms with van der Waals surface area (Å²) in [6.45, 7) is 0.334. The molecule has 0 aliphatic heterocycles. The SMILES string of the molecule is N#CCC(=O)OCCBr. The van der Waals surface area contributed by atoms with E-state index in [0.29, 0.717) is 11.9 Å². The second-order valence-electron chi connectivity index (χ2n) is 1.24. The highest BCUT2D eigenvalue weighted by Gasteiger charge is 1.97. The Morgan fingerprint density at radius 2 is 2.44 bits per heavy atom. The Hall–Kier alpha value is -0.560. The molecular weight excluding hydrogens is 186 g/mol. The van der Waals surface area contributed by atoms with Gasteiger partial charge in [-0.2, -0.15) is 5.26 Å². The molecule has 0 aromatic carbocycles. The Morgan fingerprint density at radius 3 is 2.89 bits per heavy atom. The average Bonchev–Trinajstić information content (AvgIpc) is 1.85. The molecule has 3 nitrogen and oxygen atoms in total. The van der Waals surface area contributed by atoms with Gasteiger partial charge in [0.25, 0.3) is 0 Å². The van der Waals surface area contributed by atoms with Crippen LogP contribution in [0.5, 0.6) is 0 Å². The fraction of sp³-hybridized carbons (Fsp3) is 0.600. The largest absolute Gasteiger partial charge is 0.464 e. The van der Waals surface area contributed by atoms with Crippen molar-refractivity contribution in [3.63, 3.8) is 0 Å². The molecule has 0 spiro atoms. The molecule has 0 aromatic heterocycles. The quantitative estimate of drug-likeness (QED) is 0.491. The predicted octanol–water partition coefficient (Wildman–Crippen LogP) is 0.838. The van der Waals surface area contributed by atoms with Crippen LogP contribution in [0.15, 0.2) is 0 Å². The van der Waals surface area contributed by atoms with Crippen molar-refractivity contribution in [2.24, 2.45) is 0 Å². The highest BCUT2D eigenvalue weighted by molar-refractivity contribution is 9.09. The van der Waals surface area contributed by atoms with Crippen LogP contribution in [0.25, 0.3) is 0 Å². The van der Waals surface area contributed by atoms with Gasteiger partial charge in [-0.15, -0.1) is 0 Å². The van der Waals surface area contributed by atoms with E-state index in [-0.39, 0.29) is 6.42 Å². The van der Waals surface area contributed by atoms with Gasteiger partial charge < -0.3 is 4.74 Å². The van der Waals surface area contributed by atoms with E-state index in [1.54, 1.807) is 6.07 Å². The number of alkyl halides is 1. The van der Waals surface area contributed by atoms with Crippen LogP contribution in [0, 0.1) is 11.3 Å². The molecule has 0 aliphatic carbocycles. The second kappa shape index (κ2) is 5.57. The van der Waals surface area contributed by atoms with Crippen LogP contribution in [0.2, 0.25) is 0 Å². The maximum Gasteiger partial charge on any atom is 0.320 e. The molecule has 0 heterocycles. The number of ether oxygens (including phenoxy) is 1. The molecule has 0 aliphatic rings. The lowest BCUT2D eigenvalue weighted by atomic mass is 10.5. The van der Waals surface area contributed by atoms with Crippen LogP contribution in [-0.4, -0.2) is 17.9 Å². The fourth-order valence-corrected chi connectivity index (χ4v) is 0.430. The summed E-state index contributed by atoms with van der Waals surface area (Å²) in [6, 6.07) is 1.69. The molecule has 0 saturated heterocycles. The number of hydrogen-bond donors (Lipinski definition) is 0. The summed E-state index contributed by atoms with van der Waals surface area (Å²) in [4.78, 5) is 10.3. The Balaban J connectivity index is 3.19. The average molecular weight is 192 g/mol. The second-order valence-corrected chi connectivity index (χ2v) is 2.04. The lowest BCUT2D eigenvalue weighted by Gasteiger charge is -1.95. The van der Waals surface area contributed by atoms with Gasteiger partial charge in [0, 0.05) is 5.33 Å². The number of esters is 1. The van der Waals surface area contributed by atoms with Crippen molar-refractivity contribution in [2.75, 3.05) is 11.9 Å². The van der Waals surface area contributed by atoms with Gasteiger partial charge in [0.2, 0.25) is 0 Å². The van der Waals surface area contributed by atoms with Gasteiger partial charge in [0.15, 0.2) is 0 Å². The van der Waals surface area contributed by atoms with Gasteiger partial charge in [0.05, 0.1) is 6.07 Å². The van der Waals surface area contributed by atoms with Crippen LogP contribution in [0.4, 0.5) is 0 Å². The van der Waals surface area contributed by atoms with E-state index in [2.05, 4.69) is 20.7 Å². The van der Waals surface area contributed by atoms with Crippen molar-refractivity contribution >= 4 is 21.9 Å². The molecule has 0 N–H and O–H groups in total. The number of carbonyl (C=O) groups is 1. The Morgan fingerprint density at radius 1 is 1.78 bits per heavy atom. The first-order chi connectivity index (χ1) is 4.31. The maximum absolute atomic E-state index is 10.3. The lowest BCUT2D eigenvalue weighted by molar-refractivity contribution is -0.141. The van der Waals surface area contributed by atoms with E-state index in [9.17, 15) is 4.79 Å². The van der Waals surface area contributed by atoms with E-state index >= 15 is 0 Å².